The van der Waals surface area contributed by atoms with Crippen molar-refractivity contribution in [1.82, 2.24) is 44.4 Å². The molecule has 11 heteroatoms. The van der Waals surface area contributed by atoms with Gasteiger partial charge in [-0.3, -0.25) is 14.3 Å². The van der Waals surface area contributed by atoms with E-state index in [1.807, 2.05) is 41.4 Å². The van der Waals surface area contributed by atoms with Gasteiger partial charge in [-0.2, -0.15) is 5.10 Å². The lowest BCUT2D eigenvalue weighted by molar-refractivity contribution is -0.133. The Labute approximate surface area is 261 Å². The van der Waals surface area contributed by atoms with E-state index >= 15 is 0 Å². The molecule has 45 heavy (non-hydrogen) atoms. The number of benzene rings is 1. The zero-order valence-electron chi connectivity index (χ0n) is 25.1. The molecule has 0 unspecified atom stereocenters. The smallest absolute Gasteiger partial charge is 0.246 e. The van der Waals surface area contributed by atoms with Gasteiger partial charge in [-0.1, -0.05) is 12.6 Å². The van der Waals surface area contributed by atoms with Crippen LogP contribution in [0.15, 0.2) is 79.8 Å². The Morgan fingerprint density at radius 2 is 1.89 bits per heavy atom. The molecule has 0 saturated carbocycles. The molecular formula is C34H36N10O. The Bertz CT molecular complexity index is 1880. The molecular weight excluding hydrogens is 564 g/mol. The van der Waals surface area contributed by atoms with Crippen LogP contribution >= 0.6 is 0 Å². The third kappa shape index (κ3) is 4.98. The van der Waals surface area contributed by atoms with Crippen LogP contribution in [0, 0.1) is 0 Å². The first-order chi connectivity index (χ1) is 22.1. The highest BCUT2D eigenvalue weighted by Gasteiger charge is 2.36. The Kier molecular flexibility index (Phi) is 6.91. The van der Waals surface area contributed by atoms with E-state index in [2.05, 4.69) is 49.6 Å². The number of hydrogen-bond acceptors (Lipinski definition) is 8. The predicted molar refractivity (Wildman–Crippen MR) is 173 cm³/mol. The fourth-order valence-electron chi connectivity index (χ4n) is 7.14. The van der Waals surface area contributed by atoms with Gasteiger partial charge in [0.25, 0.3) is 0 Å². The van der Waals surface area contributed by atoms with Gasteiger partial charge in [0, 0.05) is 68.6 Å². The van der Waals surface area contributed by atoms with E-state index in [1.54, 1.807) is 17.1 Å². The number of amides is 1. The number of likely N-dealkylation sites (tertiary alicyclic amines) is 2. The van der Waals surface area contributed by atoms with E-state index in [9.17, 15) is 4.79 Å². The van der Waals surface area contributed by atoms with Crippen LogP contribution in [0.3, 0.4) is 0 Å². The number of fused-ring (bicyclic) bond motifs is 2. The molecule has 2 fully saturated rings. The Morgan fingerprint density at radius 3 is 2.67 bits per heavy atom. The minimum absolute atomic E-state index is 0.0414. The van der Waals surface area contributed by atoms with Gasteiger partial charge in [0.2, 0.25) is 5.91 Å². The van der Waals surface area contributed by atoms with Crippen molar-refractivity contribution in [1.29, 1.82) is 0 Å². The first-order valence-corrected chi connectivity index (χ1v) is 15.7. The molecule has 8 rings (SSSR count). The quantitative estimate of drug-likeness (QED) is 0.271. The number of nitrogens with two attached hydrogens (primary N) is 1. The average Bonchev–Trinajstić information content (AvgIpc) is 3.80. The molecule has 3 aliphatic rings. The average molecular weight is 601 g/mol. The molecule has 0 radical (unpaired) electrons. The molecule has 0 spiro atoms. The van der Waals surface area contributed by atoms with Crippen molar-refractivity contribution in [3.8, 4) is 22.9 Å². The lowest BCUT2D eigenvalue weighted by atomic mass is 9.98. The number of carbonyl (C=O) groups is 1. The number of imidazole rings is 1. The van der Waals surface area contributed by atoms with E-state index in [-0.39, 0.29) is 5.91 Å². The van der Waals surface area contributed by atoms with Gasteiger partial charge in [-0.05, 0) is 85.4 Å². The highest BCUT2D eigenvalue weighted by atomic mass is 16.2. The number of nitrogens with one attached hydrogen (secondary N) is 1. The number of aryl methyl sites for hydroxylation is 1. The fraction of sp³-hybridized carbons (Fsp3) is 0.324. The Balaban J connectivity index is 1.04. The molecule has 1 amide bonds. The van der Waals surface area contributed by atoms with Gasteiger partial charge < -0.3 is 16.0 Å². The maximum Gasteiger partial charge on any atom is 0.246 e. The van der Waals surface area contributed by atoms with Gasteiger partial charge in [0.1, 0.15) is 11.3 Å². The van der Waals surface area contributed by atoms with Crippen molar-refractivity contribution in [2.24, 2.45) is 0 Å². The second-order valence-corrected chi connectivity index (χ2v) is 12.2. The summed E-state index contributed by atoms with van der Waals surface area (Å²) in [5.41, 5.74) is 12.4. The summed E-state index contributed by atoms with van der Waals surface area (Å²) in [7, 11) is 0. The normalized spacial score (nSPS) is 19.1. The number of anilines is 1. The molecule has 3 N–H and O–H groups in total. The van der Waals surface area contributed by atoms with Crippen LogP contribution in [-0.4, -0.2) is 83.3 Å². The van der Waals surface area contributed by atoms with Crippen LogP contribution in [0.5, 0.6) is 0 Å². The number of pyridine rings is 2. The van der Waals surface area contributed by atoms with Crippen molar-refractivity contribution in [2.45, 2.75) is 43.8 Å². The van der Waals surface area contributed by atoms with Crippen molar-refractivity contribution in [2.75, 3.05) is 31.9 Å². The molecule has 6 heterocycles. The first kappa shape index (κ1) is 27.7. The molecule has 0 bridgehead atoms. The van der Waals surface area contributed by atoms with E-state index in [1.165, 1.54) is 17.2 Å². The number of piperidine rings is 1. The number of rotatable bonds is 7. The van der Waals surface area contributed by atoms with Crippen LogP contribution in [0.4, 0.5) is 5.82 Å². The summed E-state index contributed by atoms with van der Waals surface area (Å²) in [6, 6.07) is 17.7. The fourth-order valence-corrected chi connectivity index (χ4v) is 7.14. The van der Waals surface area contributed by atoms with Crippen LogP contribution in [0.2, 0.25) is 0 Å². The van der Waals surface area contributed by atoms with Crippen LogP contribution in [0.25, 0.3) is 34.1 Å². The van der Waals surface area contributed by atoms with Crippen LogP contribution in [0.1, 0.15) is 36.4 Å². The highest BCUT2D eigenvalue weighted by molar-refractivity contribution is 5.87. The summed E-state index contributed by atoms with van der Waals surface area (Å²) >= 11 is 0. The summed E-state index contributed by atoms with van der Waals surface area (Å²) in [6.07, 6.45) is 11.1. The molecule has 1 atom stereocenters. The number of hydrogen-bond donors (Lipinski definition) is 2. The molecule has 1 aromatic carbocycles. The summed E-state index contributed by atoms with van der Waals surface area (Å²) in [5, 5.41) is 8.36. The van der Waals surface area contributed by atoms with Crippen molar-refractivity contribution in [3.05, 3.63) is 90.9 Å². The summed E-state index contributed by atoms with van der Waals surface area (Å²) in [6.45, 7) is 7.39. The maximum atomic E-state index is 11.8. The highest BCUT2D eigenvalue weighted by Crippen LogP contribution is 2.36. The Hall–Kier alpha value is -4.87. The van der Waals surface area contributed by atoms with Crippen LogP contribution in [-0.2, 0) is 11.2 Å². The zero-order chi connectivity index (χ0) is 30.5. The molecule has 11 nitrogen and oxygen atoms in total. The van der Waals surface area contributed by atoms with Crippen molar-refractivity contribution in [3.63, 3.8) is 0 Å². The van der Waals surface area contributed by atoms with E-state index in [4.69, 9.17) is 15.7 Å². The van der Waals surface area contributed by atoms with Crippen LogP contribution < -0.4 is 11.1 Å². The standard InChI is InChI=1S/C34H36N10O/c1-2-31(45)42-20-25(21-42)41-17-12-23(13-18-41)38-28-9-6-22-19-24(7-8-26(22)28)44-33(27-5-3-14-36-32(27)35)39-29-10-11-30(40-34(29)44)43-16-4-15-37-43/h2-5,7-8,10-11,14-16,19,23,25,28,38H,1,6,9,12-13,17-18,20-21H2,(H2,35,36)/t28-/m0/s1. The monoisotopic (exact) mass is 600 g/mol. The summed E-state index contributed by atoms with van der Waals surface area (Å²) in [4.78, 5) is 30.6. The summed E-state index contributed by atoms with van der Waals surface area (Å²) < 4.78 is 3.85. The molecule has 1 aliphatic carbocycles. The van der Waals surface area contributed by atoms with Gasteiger partial charge >= 0.3 is 0 Å². The lowest BCUT2D eigenvalue weighted by Gasteiger charge is -2.47. The van der Waals surface area contributed by atoms with Gasteiger partial charge in [-0.15, -0.1) is 0 Å². The number of carbonyl (C=O) groups excluding carboxylic acids is 1. The maximum absolute atomic E-state index is 11.8. The molecule has 2 aliphatic heterocycles. The zero-order valence-corrected chi connectivity index (χ0v) is 25.1. The number of nitrogen functional groups attached to an aromatic ring is 1. The second-order valence-electron chi connectivity index (χ2n) is 12.2. The number of aromatic nitrogens is 6. The second kappa shape index (κ2) is 11.2. The minimum Gasteiger partial charge on any atom is -0.383 e. The van der Waals surface area contributed by atoms with Crippen molar-refractivity contribution < 1.29 is 4.79 Å². The van der Waals surface area contributed by atoms with Gasteiger partial charge in [0.15, 0.2) is 17.3 Å². The predicted octanol–water partition coefficient (Wildman–Crippen LogP) is 3.69. The van der Waals surface area contributed by atoms with E-state index < -0.39 is 0 Å². The molecule has 228 valence electrons. The third-order valence-corrected chi connectivity index (χ3v) is 9.60. The van der Waals surface area contributed by atoms with E-state index in [0.717, 1.165) is 80.1 Å². The SMILES string of the molecule is C=CC(=O)N1CC(N2CCC(N[C@H]3CCc4cc(-n5c(-c6cccnc6N)nc6ccc(-n7cccn7)nc65)ccc43)CC2)C1. The van der Waals surface area contributed by atoms with Gasteiger partial charge in [-0.25, -0.2) is 19.6 Å². The number of nitrogens with zero attached hydrogens (tertiary/aromatic N) is 8. The Morgan fingerprint density at radius 1 is 1.02 bits per heavy atom. The largest absolute Gasteiger partial charge is 0.383 e. The van der Waals surface area contributed by atoms with E-state index in [0.29, 0.717) is 29.8 Å². The molecule has 5 aromatic rings. The summed E-state index contributed by atoms with van der Waals surface area (Å²) in [5.74, 6) is 1.90. The molecule has 4 aromatic heterocycles. The van der Waals surface area contributed by atoms with Gasteiger partial charge in [0.05, 0.1) is 5.56 Å². The first-order valence-electron chi connectivity index (χ1n) is 15.7. The molecule has 2 saturated heterocycles. The van der Waals surface area contributed by atoms with Crippen molar-refractivity contribution >= 4 is 22.9 Å². The topological polar surface area (TPSA) is 123 Å². The third-order valence-electron chi connectivity index (χ3n) is 9.60. The minimum atomic E-state index is 0.0414. The lowest BCUT2D eigenvalue weighted by Crippen LogP contribution is -2.62.